The third-order valence-corrected chi connectivity index (χ3v) is 5.27. The molecule has 3 aromatic heterocycles. The predicted molar refractivity (Wildman–Crippen MR) is 105 cm³/mol. The maximum absolute atomic E-state index is 5.97. The van der Waals surface area contributed by atoms with Crippen LogP contribution in [0.15, 0.2) is 61.1 Å². The Morgan fingerprint density at radius 3 is 2.81 bits per heavy atom. The van der Waals surface area contributed by atoms with Gasteiger partial charge in [-0.2, -0.15) is 5.10 Å². The summed E-state index contributed by atoms with van der Waals surface area (Å²) in [6.07, 6.45) is 6.84. The first-order valence-electron chi connectivity index (χ1n) is 9.00. The highest BCUT2D eigenvalue weighted by Crippen LogP contribution is 2.24. The number of fused-ring (bicyclic) bond motifs is 2. The molecular weight excluding hydrogens is 358 g/mol. The number of pyridine rings is 1. The lowest BCUT2D eigenvalue weighted by atomic mass is 10.1. The Morgan fingerprint density at radius 2 is 1.93 bits per heavy atom. The van der Waals surface area contributed by atoms with Gasteiger partial charge in [0.15, 0.2) is 5.82 Å². The van der Waals surface area contributed by atoms with Gasteiger partial charge in [-0.05, 0) is 36.4 Å². The SMILES string of the molecule is Clc1ccc(-c2ncc3c(n2)CCN(Cc2cnn4ccccc24)C3)cc1. The number of hydrogen-bond donors (Lipinski definition) is 0. The summed E-state index contributed by atoms with van der Waals surface area (Å²) in [5.41, 5.74) is 5.76. The Hall–Kier alpha value is -2.76. The highest BCUT2D eigenvalue weighted by atomic mass is 35.5. The van der Waals surface area contributed by atoms with Crippen molar-refractivity contribution in [3.05, 3.63) is 82.9 Å². The van der Waals surface area contributed by atoms with Crippen LogP contribution < -0.4 is 0 Å². The van der Waals surface area contributed by atoms with Gasteiger partial charge in [-0.3, -0.25) is 4.90 Å². The predicted octanol–water partition coefficient (Wildman–Crippen LogP) is 4.00. The third kappa shape index (κ3) is 3.20. The normalized spacial score (nSPS) is 14.4. The van der Waals surface area contributed by atoms with Crippen LogP contribution >= 0.6 is 11.6 Å². The van der Waals surface area contributed by atoms with E-state index >= 15 is 0 Å². The second-order valence-electron chi connectivity index (χ2n) is 6.83. The molecule has 0 amide bonds. The zero-order chi connectivity index (χ0) is 18.2. The average molecular weight is 376 g/mol. The van der Waals surface area contributed by atoms with Gasteiger partial charge in [-0.1, -0.05) is 17.7 Å². The third-order valence-electron chi connectivity index (χ3n) is 5.02. The zero-order valence-corrected chi connectivity index (χ0v) is 15.5. The smallest absolute Gasteiger partial charge is 0.159 e. The largest absolute Gasteiger partial charge is 0.294 e. The molecule has 0 unspecified atom stereocenters. The first kappa shape index (κ1) is 16.4. The average Bonchev–Trinajstić information content (AvgIpc) is 3.11. The first-order valence-corrected chi connectivity index (χ1v) is 9.38. The summed E-state index contributed by atoms with van der Waals surface area (Å²) in [4.78, 5) is 11.8. The van der Waals surface area contributed by atoms with E-state index in [9.17, 15) is 0 Å². The summed E-state index contributed by atoms with van der Waals surface area (Å²) >= 11 is 5.97. The molecule has 0 N–H and O–H groups in total. The van der Waals surface area contributed by atoms with Crippen LogP contribution in [0.2, 0.25) is 5.02 Å². The zero-order valence-electron chi connectivity index (χ0n) is 14.7. The van der Waals surface area contributed by atoms with Crippen molar-refractivity contribution >= 4 is 17.1 Å². The quantitative estimate of drug-likeness (QED) is 0.543. The Morgan fingerprint density at radius 1 is 1.04 bits per heavy atom. The fourth-order valence-electron chi connectivity index (χ4n) is 3.60. The number of hydrogen-bond acceptors (Lipinski definition) is 4. The molecule has 0 fully saturated rings. The van der Waals surface area contributed by atoms with Gasteiger partial charge in [0.1, 0.15) is 0 Å². The van der Waals surface area contributed by atoms with Crippen LogP contribution in [0.3, 0.4) is 0 Å². The molecule has 27 heavy (non-hydrogen) atoms. The van der Waals surface area contributed by atoms with Gasteiger partial charge in [0.25, 0.3) is 0 Å². The van der Waals surface area contributed by atoms with Crippen molar-refractivity contribution in [1.82, 2.24) is 24.5 Å². The Bertz CT molecular complexity index is 1100. The van der Waals surface area contributed by atoms with Crippen LogP contribution in [0.1, 0.15) is 16.8 Å². The van der Waals surface area contributed by atoms with E-state index in [4.69, 9.17) is 16.6 Å². The van der Waals surface area contributed by atoms with Crippen molar-refractivity contribution in [2.24, 2.45) is 0 Å². The summed E-state index contributed by atoms with van der Waals surface area (Å²) in [7, 11) is 0. The molecule has 0 radical (unpaired) electrons. The van der Waals surface area contributed by atoms with E-state index in [0.29, 0.717) is 0 Å². The molecule has 0 saturated heterocycles. The molecule has 134 valence electrons. The molecule has 1 aromatic carbocycles. The number of aromatic nitrogens is 4. The summed E-state index contributed by atoms with van der Waals surface area (Å²) in [6.45, 7) is 2.72. The molecule has 4 heterocycles. The van der Waals surface area contributed by atoms with Crippen molar-refractivity contribution in [3.63, 3.8) is 0 Å². The Labute approximate surface area is 162 Å². The lowest BCUT2D eigenvalue weighted by molar-refractivity contribution is 0.244. The molecule has 6 heteroatoms. The monoisotopic (exact) mass is 375 g/mol. The highest BCUT2D eigenvalue weighted by molar-refractivity contribution is 6.30. The fourth-order valence-corrected chi connectivity index (χ4v) is 3.72. The lowest BCUT2D eigenvalue weighted by Crippen LogP contribution is -2.30. The minimum atomic E-state index is 0.722. The maximum Gasteiger partial charge on any atom is 0.159 e. The molecule has 0 aliphatic carbocycles. The lowest BCUT2D eigenvalue weighted by Gasteiger charge is -2.27. The molecule has 1 aliphatic rings. The topological polar surface area (TPSA) is 46.3 Å². The van der Waals surface area contributed by atoms with Gasteiger partial charge in [0.2, 0.25) is 0 Å². The highest BCUT2D eigenvalue weighted by Gasteiger charge is 2.20. The number of benzene rings is 1. The van der Waals surface area contributed by atoms with Crippen LogP contribution in [-0.2, 0) is 19.5 Å². The van der Waals surface area contributed by atoms with E-state index < -0.39 is 0 Å². The Kier molecular flexibility index (Phi) is 4.11. The van der Waals surface area contributed by atoms with Crippen LogP contribution in [-0.4, -0.2) is 31.0 Å². The number of halogens is 1. The molecule has 0 spiro atoms. The van der Waals surface area contributed by atoms with Gasteiger partial charge in [0.05, 0.1) is 17.4 Å². The summed E-state index contributed by atoms with van der Waals surface area (Å²) in [5, 5.41) is 5.16. The van der Waals surface area contributed by atoms with Gasteiger partial charge in [0, 0.05) is 60.2 Å². The van der Waals surface area contributed by atoms with E-state index in [2.05, 4.69) is 27.1 Å². The van der Waals surface area contributed by atoms with Crippen molar-refractivity contribution in [2.45, 2.75) is 19.5 Å². The number of rotatable bonds is 3. The van der Waals surface area contributed by atoms with Crippen molar-refractivity contribution in [1.29, 1.82) is 0 Å². The van der Waals surface area contributed by atoms with Crippen molar-refractivity contribution in [2.75, 3.05) is 6.54 Å². The van der Waals surface area contributed by atoms with E-state index in [1.807, 2.05) is 53.4 Å². The standard InChI is InChI=1S/C21H18ClN5/c22-18-6-4-15(5-7-18)21-23-11-16-13-26(10-8-19(16)25-21)14-17-12-24-27-9-2-1-3-20(17)27/h1-7,9,11-12H,8,10,13-14H2. The second-order valence-corrected chi connectivity index (χ2v) is 7.27. The van der Waals surface area contributed by atoms with Gasteiger partial charge >= 0.3 is 0 Å². The van der Waals surface area contributed by atoms with Gasteiger partial charge in [-0.25, -0.2) is 14.5 Å². The molecule has 5 rings (SSSR count). The van der Waals surface area contributed by atoms with Crippen molar-refractivity contribution < 1.29 is 0 Å². The van der Waals surface area contributed by atoms with E-state index in [1.54, 1.807) is 0 Å². The molecular formula is C21H18ClN5. The molecule has 0 saturated carbocycles. The first-order chi connectivity index (χ1) is 13.3. The van der Waals surface area contributed by atoms with Gasteiger partial charge in [-0.15, -0.1) is 0 Å². The van der Waals surface area contributed by atoms with E-state index in [-0.39, 0.29) is 0 Å². The summed E-state index contributed by atoms with van der Waals surface area (Å²) in [5.74, 6) is 0.765. The van der Waals surface area contributed by atoms with Crippen LogP contribution in [0, 0.1) is 0 Å². The fraction of sp³-hybridized carbons (Fsp3) is 0.190. The minimum absolute atomic E-state index is 0.722. The van der Waals surface area contributed by atoms with Crippen LogP contribution in [0.4, 0.5) is 0 Å². The van der Waals surface area contributed by atoms with Gasteiger partial charge < -0.3 is 0 Å². The Balaban J connectivity index is 1.36. The van der Waals surface area contributed by atoms with Crippen molar-refractivity contribution in [3.8, 4) is 11.4 Å². The molecule has 0 atom stereocenters. The van der Waals surface area contributed by atoms with Crippen LogP contribution in [0.5, 0.6) is 0 Å². The molecule has 4 aromatic rings. The molecule has 1 aliphatic heterocycles. The molecule has 5 nitrogen and oxygen atoms in total. The maximum atomic E-state index is 5.97. The van der Waals surface area contributed by atoms with E-state index in [0.717, 1.165) is 53.7 Å². The van der Waals surface area contributed by atoms with Crippen LogP contribution in [0.25, 0.3) is 16.9 Å². The number of nitrogens with zero attached hydrogens (tertiary/aromatic N) is 5. The summed E-state index contributed by atoms with van der Waals surface area (Å²) in [6, 6.07) is 13.8. The minimum Gasteiger partial charge on any atom is -0.294 e. The van der Waals surface area contributed by atoms with E-state index in [1.165, 1.54) is 11.1 Å². The molecule has 0 bridgehead atoms. The summed E-state index contributed by atoms with van der Waals surface area (Å²) < 4.78 is 1.93. The second kappa shape index (κ2) is 6.76.